The Kier molecular flexibility index (Phi) is 4.83. The molecule has 106 valence electrons. The molecule has 0 fully saturated rings. The van der Waals surface area contributed by atoms with Crippen molar-refractivity contribution in [2.24, 2.45) is 0 Å². The Hall–Kier alpha value is -0.510. The molecule has 0 unspecified atom stereocenters. The van der Waals surface area contributed by atoms with Crippen LogP contribution in [0, 0.1) is 5.82 Å². The van der Waals surface area contributed by atoms with Crippen molar-refractivity contribution in [3.8, 4) is 0 Å². The van der Waals surface area contributed by atoms with Crippen molar-refractivity contribution < 1.29 is 12.8 Å². The van der Waals surface area contributed by atoms with Crippen LogP contribution in [0.1, 0.15) is 0 Å². The molecule has 4 nitrogen and oxygen atoms in total. The zero-order valence-corrected chi connectivity index (χ0v) is 15.1. The fourth-order valence-electron chi connectivity index (χ4n) is 1.39. The Morgan fingerprint density at radius 2 is 1.75 bits per heavy atom. The third kappa shape index (κ3) is 3.38. The van der Waals surface area contributed by atoms with Gasteiger partial charge in [-0.2, -0.15) is 8.42 Å². The van der Waals surface area contributed by atoms with E-state index in [1.165, 1.54) is 12.3 Å². The number of nitrogens with one attached hydrogen (secondary N) is 1. The lowest BCUT2D eigenvalue weighted by Gasteiger charge is -2.12. The van der Waals surface area contributed by atoms with Gasteiger partial charge in [-0.05, 0) is 56.1 Å². The Morgan fingerprint density at radius 1 is 1.15 bits per heavy atom. The minimum atomic E-state index is -4.11. The average molecular weight is 489 g/mol. The Morgan fingerprint density at radius 3 is 2.30 bits per heavy atom. The molecule has 0 radical (unpaired) electrons. The molecule has 1 N–H and O–H groups in total. The van der Waals surface area contributed by atoms with Gasteiger partial charge in [0.15, 0.2) is 5.82 Å². The lowest BCUT2D eigenvalue weighted by atomic mass is 10.3. The number of pyridine rings is 1. The summed E-state index contributed by atoms with van der Waals surface area (Å²) in [5.41, 5.74) is 0.262. The van der Waals surface area contributed by atoms with E-state index in [0.717, 1.165) is 10.5 Å². The molecule has 0 aliphatic rings. The van der Waals surface area contributed by atoms with Gasteiger partial charge >= 0.3 is 0 Å². The van der Waals surface area contributed by atoms with Crippen LogP contribution in [0.2, 0.25) is 0 Å². The minimum Gasteiger partial charge on any atom is -0.276 e. The standard InChI is InChI=1S/C11H6Br3FN2O2S/c12-6-4-7(13)10(8(14)5-6)17-20(18,19)11-9(15)2-1-3-16-11/h1-5,17H. The Labute approximate surface area is 140 Å². The van der Waals surface area contributed by atoms with Crippen molar-refractivity contribution in [3.63, 3.8) is 0 Å². The number of hydrogen-bond acceptors (Lipinski definition) is 3. The van der Waals surface area contributed by atoms with Gasteiger partial charge in [-0.15, -0.1) is 0 Å². The van der Waals surface area contributed by atoms with Gasteiger partial charge in [0.2, 0.25) is 5.03 Å². The van der Waals surface area contributed by atoms with Gasteiger partial charge in [-0.3, -0.25) is 4.72 Å². The summed E-state index contributed by atoms with van der Waals surface area (Å²) in [6.07, 6.45) is 1.21. The lowest BCUT2D eigenvalue weighted by molar-refractivity contribution is 0.557. The molecule has 2 aromatic rings. The van der Waals surface area contributed by atoms with Gasteiger partial charge < -0.3 is 0 Å². The number of sulfonamides is 1. The summed E-state index contributed by atoms with van der Waals surface area (Å²) in [6.45, 7) is 0. The first kappa shape index (κ1) is 15.9. The SMILES string of the molecule is O=S(=O)(Nc1c(Br)cc(Br)cc1Br)c1ncccc1F. The van der Waals surface area contributed by atoms with E-state index in [4.69, 9.17) is 0 Å². The number of aromatic nitrogens is 1. The highest BCUT2D eigenvalue weighted by Crippen LogP contribution is 2.35. The second kappa shape index (κ2) is 6.08. The molecule has 0 amide bonds. The first-order valence-electron chi connectivity index (χ1n) is 5.09. The topological polar surface area (TPSA) is 59.1 Å². The average Bonchev–Trinajstić information content (AvgIpc) is 2.34. The van der Waals surface area contributed by atoms with Crippen LogP contribution in [0.25, 0.3) is 0 Å². The summed E-state index contributed by atoms with van der Waals surface area (Å²) in [6, 6.07) is 5.68. The van der Waals surface area contributed by atoms with E-state index in [-0.39, 0.29) is 5.69 Å². The van der Waals surface area contributed by atoms with E-state index in [9.17, 15) is 12.8 Å². The van der Waals surface area contributed by atoms with Crippen molar-refractivity contribution >= 4 is 63.5 Å². The quantitative estimate of drug-likeness (QED) is 0.700. The van der Waals surface area contributed by atoms with Crippen LogP contribution in [-0.2, 0) is 10.0 Å². The molecule has 0 aliphatic heterocycles. The molecule has 1 aromatic carbocycles. The van der Waals surface area contributed by atoms with Gasteiger partial charge in [0.1, 0.15) is 0 Å². The van der Waals surface area contributed by atoms with Crippen molar-refractivity contribution in [2.45, 2.75) is 5.03 Å². The first-order valence-corrected chi connectivity index (χ1v) is 8.95. The van der Waals surface area contributed by atoms with E-state index < -0.39 is 20.9 Å². The maximum absolute atomic E-state index is 13.5. The van der Waals surface area contributed by atoms with Gasteiger partial charge in [-0.1, -0.05) is 15.9 Å². The summed E-state index contributed by atoms with van der Waals surface area (Å²) in [5.74, 6) is -0.913. The van der Waals surface area contributed by atoms with Crippen LogP contribution < -0.4 is 4.72 Å². The fourth-order valence-corrected chi connectivity index (χ4v) is 5.22. The van der Waals surface area contributed by atoms with Crippen LogP contribution in [0.15, 0.2) is 48.9 Å². The third-order valence-electron chi connectivity index (χ3n) is 2.22. The molecule has 0 saturated carbocycles. The fraction of sp³-hybridized carbons (Fsp3) is 0. The molecule has 0 bridgehead atoms. The van der Waals surface area contributed by atoms with Crippen LogP contribution in [0.5, 0.6) is 0 Å². The summed E-state index contributed by atoms with van der Waals surface area (Å²) < 4.78 is 41.9. The molecule has 0 saturated heterocycles. The normalized spacial score (nSPS) is 11.4. The lowest BCUT2D eigenvalue weighted by Crippen LogP contribution is -2.16. The van der Waals surface area contributed by atoms with E-state index in [2.05, 4.69) is 57.5 Å². The monoisotopic (exact) mass is 486 g/mol. The van der Waals surface area contributed by atoms with Crippen LogP contribution in [-0.4, -0.2) is 13.4 Å². The summed E-state index contributed by atoms with van der Waals surface area (Å²) in [7, 11) is -4.11. The number of halogens is 4. The van der Waals surface area contributed by atoms with Gasteiger partial charge in [-0.25, -0.2) is 9.37 Å². The second-order valence-corrected chi connectivity index (χ2v) is 7.86. The summed E-state index contributed by atoms with van der Waals surface area (Å²) >= 11 is 9.75. The predicted octanol–water partition coefficient (Wildman–Crippen LogP) is 4.31. The predicted molar refractivity (Wildman–Crippen MR) is 84.5 cm³/mol. The Balaban J connectivity index is 2.47. The van der Waals surface area contributed by atoms with E-state index in [1.807, 2.05) is 0 Å². The van der Waals surface area contributed by atoms with E-state index in [1.54, 1.807) is 12.1 Å². The molecular formula is C11H6Br3FN2O2S. The highest BCUT2D eigenvalue weighted by Gasteiger charge is 2.22. The summed E-state index contributed by atoms with van der Waals surface area (Å²) in [4.78, 5) is 3.56. The van der Waals surface area contributed by atoms with Crippen molar-refractivity contribution in [1.29, 1.82) is 0 Å². The van der Waals surface area contributed by atoms with Crippen molar-refractivity contribution in [3.05, 3.63) is 49.7 Å². The molecular weight excluding hydrogens is 483 g/mol. The number of hydrogen-bond donors (Lipinski definition) is 1. The van der Waals surface area contributed by atoms with Gasteiger partial charge in [0.05, 0.1) is 5.69 Å². The molecule has 1 heterocycles. The van der Waals surface area contributed by atoms with Crippen LogP contribution in [0.4, 0.5) is 10.1 Å². The molecule has 0 aliphatic carbocycles. The first-order chi connectivity index (χ1) is 9.31. The zero-order valence-electron chi connectivity index (χ0n) is 9.57. The highest BCUT2D eigenvalue weighted by atomic mass is 79.9. The number of nitrogens with zero attached hydrogens (tertiary/aromatic N) is 1. The van der Waals surface area contributed by atoms with Crippen molar-refractivity contribution in [1.82, 2.24) is 4.98 Å². The minimum absolute atomic E-state index is 0.262. The zero-order chi connectivity index (χ0) is 14.9. The number of anilines is 1. The molecule has 0 atom stereocenters. The molecule has 1 aromatic heterocycles. The smallest absolute Gasteiger partial charge is 0.276 e. The maximum Gasteiger partial charge on any atom is 0.282 e. The molecule has 0 spiro atoms. The largest absolute Gasteiger partial charge is 0.282 e. The van der Waals surface area contributed by atoms with Gasteiger partial charge in [0.25, 0.3) is 10.0 Å². The maximum atomic E-state index is 13.5. The van der Waals surface area contributed by atoms with Crippen LogP contribution >= 0.6 is 47.8 Å². The highest BCUT2D eigenvalue weighted by molar-refractivity contribution is 9.11. The second-order valence-electron chi connectivity index (χ2n) is 3.64. The van der Waals surface area contributed by atoms with Gasteiger partial charge in [0, 0.05) is 19.6 Å². The number of benzene rings is 1. The number of rotatable bonds is 3. The third-order valence-corrected chi connectivity index (χ3v) is 5.21. The van der Waals surface area contributed by atoms with E-state index in [0.29, 0.717) is 8.95 Å². The van der Waals surface area contributed by atoms with Crippen molar-refractivity contribution in [2.75, 3.05) is 4.72 Å². The van der Waals surface area contributed by atoms with E-state index >= 15 is 0 Å². The molecule has 9 heteroatoms. The summed E-state index contributed by atoms with van der Waals surface area (Å²) in [5, 5.41) is -0.651. The Bertz CT molecular complexity index is 745. The molecule has 2 rings (SSSR count). The van der Waals surface area contributed by atoms with Crippen LogP contribution in [0.3, 0.4) is 0 Å². The molecule has 20 heavy (non-hydrogen) atoms.